The zero-order chi connectivity index (χ0) is 13.0. The van der Waals surface area contributed by atoms with E-state index < -0.39 is 0 Å². The summed E-state index contributed by atoms with van der Waals surface area (Å²) in [6.07, 6.45) is 7.12. The molecule has 1 fully saturated rings. The van der Waals surface area contributed by atoms with E-state index in [1.807, 2.05) is 0 Å². The summed E-state index contributed by atoms with van der Waals surface area (Å²) in [5, 5.41) is 0. The van der Waals surface area contributed by atoms with Gasteiger partial charge in [0, 0.05) is 25.8 Å². The average Bonchev–Trinajstić information content (AvgIpc) is 2.77. The fraction of sp³-hybridized carbons (Fsp3) is 0.786. The number of nitrogens with zero attached hydrogens (tertiary/aromatic N) is 3. The van der Waals surface area contributed by atoms with Crippen molar-refractivity contribution in [3.63, 3.8) is 0 Å². The highest BCUT2D eigenvalue weighted by atomic mass is 15.3. The van der Waals surface area contributed by atoms with Crippen LogP contribution in [0.3, 0.4) is 0 Å². The zero-order valence-electron chi connectivity index (χ0n) is 11.7. The standard InChI is InChI=1S/C14H26N4/c1-3-4-7-17-10-12(2)16-14(17)18-8-5-6-13(9-15)11-18/h10,13H,3-9,11,15H2,1-2H3. The fourth-order valence-electron chi connectivity index (χ4n) is 2.72. The maximum absolute atomic E-state index is 5.81. The molecule has 0 saturated carbocycles. The molecule has 1 aliphatic rings. The Morgan fingerprint density at radius 3 is 3.06 bits per heavy atom. The first-order valence-corrected chi connectivity index (χ1v) is 7.23. The van der Waals surface area contributed by atoms with E-state index in [0.29, 0.717) is 5.92 Å². The van der Waals surface area contributed by atoms with Crippen molar-refractivity contribution in [2.45, 2.75) is 46.1 Å². The summed E-state index contributed by atoms with van der Waals surface area (Å²) >= 11 is 0. The molecule has 0 bridgehead atoms. The maximum Gasteiger partial charge on any atom is 0.205 e. The van der Waals surface area contributed by atoms with E-state index >= 15 is 0 Å². The number of hydrogen-bond donors (Lipinski definition) is 1. The van der Waals surface area contributed by atoms with Crippen LogP contribution in [-0.2, 0) is 6.54 Å². The smallest absolute Gasteiger partial charge is 0.205 e. The third-order valence-corrected chi connectivity index (χ3v) is 3.76. The molecule has 1 unspecified atom stereocenters. The summed E-state index contributed by atoms with van der Waals surface area (Å²) in [7, 11) is 0. The largest absolute Gasteiger partial charge is 0.342 e. The normalized spacial score (nSPS) is 20.4. The Hall–Kier alpha value is -1.03. The van der Waals surface area contributed by atoms with Crippen LogP contribution in [0.5, 0.6) is 0 Å². The predicted octanol–water partition coefficient (Wildman–Crippen LogP) is 2.17. The quantitative estimate of drug-likeness (QED) is 0.871. The topological polar surface area (TPSA) is 47.1 Å². The lowest BCUT2D eigenvalue weighted by molar-refractivity contribution is 0.415. The van der Waals surface area contributed by atoms with E-state index in [1.165, 1.54) is 25.7 Å². The van der Waals surface area contributed by atoms with Gasteiger partial charge in [-0.3, -0.25) is 0 Å². The second-order valence-corrected chi connectivity index (χ2v) is 5.42. The fourth-order valence-corrected chi connectivity index (χ4v) is 2.72. The van der Waals surface area contributed by atoms with Crippen LogP contribution in [0.2, 0.25) is 0 Å². The van der Waals surface area contributed by atoms with Gasteiger partial charge in [0.05, 0.1) is 5.69 Å². The summed E-state index contributed by atoms with van der Waals surface area (Å²) in [5.41, 5.74) is 6.93. The number of piperidine rings is 1. The van der Waals surface area contributed by atoms with Crippen LogP contribution in [0, 0.1) is 12.8 Å². The van der Waals surface area contributed by atoms with Crippen LogP contribution in [0.25, 0.3) is 0 Å². The first-order chi connectivity index (χ1) is 8.74. The molecule has 0 aliphatic carbocycles. The van der Waals surface area contributed by atoms with Gasteiger partial charge in [0.2, 0.25) is 5.95 Å². The third kappa shape index (κ3) is 3.05. The van der Waals surface area contributed by atoms with Crippen LogP contribution >= 0.6 is 0 Å². The molecule has 1 aromatic heterocycles. The maximum atomic E-state index is 5.81. The molecule has 1 atom stereocenters. The average molecular weight is 250 g/mol. The molecule has 1 saturated heterocycles. The Morgan fingerprint density at radius 1 is 1.50 bits per heavy atom. The molecule has 18 heavy (non-hydrogen) atoms. The number of imidazole rings is 1. The molecule has 102 valence electrons. The summed E-state index contributed by atoms with van der Waals surface area (Å²) in [6.45, 7) is 8.38. The highest BCUT2D eigenvalue weighted by Crippen LogP contribution is 2.22. The second kappa shape index (κ2) is 6.23. The van der Waals surface area contributed by atoms with E-state index in [4.69, 9.17) is 10.7 Å². The van der Waals surface area contributed by atoms with Crippen molar-refractivity contribution >= 4 is 5.95 Å². The third-order valence-electron chi connectivity index (χ3n) is 3.76. The van der Waals surface area contributed by atoms with Gasteiger partial charge < -0.3 is 15.2 Å². The molecule has 0 amide bonds. The summed E-state index contributed by atoms with van der Waals surface area (Å²) in [4.78, 5) is 7.12. The minimum absolute atomic E-state index is 0.635. The van der Waals surface area contributed by atoms with Gasteiger partial charge in [-0.05, 0) is 38.6 Å². The molecule has 1 aliphatic heterocycles. The van der Waals surface area contributed by atoms with Crippen molar-refractivity contribution in [2.24, 2.45) is 11.7 Å². The number of unbranched alkanes of at least 4 members (excludes halogenated alkanes) is 1. The molecular weight excluding hydrogens is 224 g/mol. The van der Waals surface area contributed by atoms with Gasteiger partial charge in [-0.15, -0.1) is 0 Å². The molecule has 2 heterocycles. The van der Waals surface area contributed by atoms with Crippen LogP contribution in [0.15, 0.2) is 6.20 Å². The van der Waals surface area contributed by atoms with Gasteiger partial charge in [0.15, 0.2) is 0 Å². The molecule has 4 nitrogen and oxygen atoms in total. The van der Waals surface area contributed by atoms with Gasteiger partial charge in [0.25, 0.3) is 0 Å². The van der Waals surface area contributed by atoms with Crippen molar-refractivity contribution in [1.29, 1.82) is 0 Å². The molecule has 0 aromatic carbocycles. The van der Waals surface area contributed by atoms with E-state index in [1.54, 1.807) is 0 Å². The highest BCUT2D eigenvalue weighted by Gasteiger charge is 2.22. The molecule has 1 aromatic rings. The number of nitrogens with two attached hydrogens (primary N) is 1. The Morgan fingerprint density at radius 2 is 2.33 bits per heavy atom. The molecule has 4 heteroatoms. The van der Waals surface area contributed by atoms with Gasteiger partial charge in [-0.25, -0.2) is 4.98 Å². The van der Waals surface area contributed by atoms with Crippen molar-refractivity contribution in [2.75, 3.05) is 24.5 Å². The Labute approximate surface area is 110 Å². The minimum atomic E-state index is 0.635. The SMILES string of the molecule is CCCCn1cc(C)nc1N1CCCC(CN)C1. The summed E-state index contributed by atoms with van der Waals surface area (Å²) < 4.78 is 2.32. The zero-order valence-corrected chi connectivity index (χ0v) is 11.7. The van der Waals surface area contributed by atoms with Crippen LogP contribution in [0.1, 0.15) is 38.3 Å². The lowest BCUT2D eigenvalue weighted by Crippen LogP contribution is -2.39. The Kier molecular flexibility index (Phi) is 4.64. The van der Waals surface area contributed by atoms with E-state index in [0.717, 1.165) is 37.8 Å². The van der Waals surface area contributed by atoms with E-state index in [2.05, 4.69) is 29.5 Å². The Bertz CT molecular complexity index is 372. The lowest BCUT2D eigenvalue weighted by atomic mass is 9.99. The van der Waals surface area contributed by atoms with Gasteiger partial charge in [-0.1, -0.05) is 13.3 Å². The number of rotatable bonds is 5. The summed E-state index contributed by atoms with van der Waals surface area (Å²) in [6, 6.07) is 0. The number of anilines is 1. The molecule has 2 N–H and O–H groups in total. The predicted molar refractivity (Wildman–Crippen MR) is 75.9 cm³/mol. The second-order valence-electron chi connectivity index (χ2n) is 5.42. The van der Waals surface area contributed by atoms with E-state index in [-0.39, 0.29) is 0 Å². The van der Waals surface area contributed by atoms with Crippen LogP contribution in [0.4, 0.5) is 5.95 Å². The van der Waals surface area contributed by atoms with Crippen molar-refractivity contribution in [3.8, 4) is 0 Å². The highest BCUT2D eigenvalue weighted by molar-refractivity contribution is 5.34. The minimum Gasteiger partial charge on any atom is -0.342 e. The first-order valence-electron chi connectivity index (χ1n) is 7.23. The van der Waals surface area contributed by atoms with Crippen LogP contribution < -0.4 is 10.6 Å². The van der Waals surface area contributed by atoms with Crippen molar-refractivity contribution < 1.29 is 0 Å². The molecule has 2 rings (SSSR count). The molecule has 0 spiro atoms. The van der Waals surface area contributed by atoms with E-state index in [9.17, 15) is 0 Å². The van der Waals surface area contributed by atoms with Crippen molar-refractivity contribution in [3.05, 3.63) is 11.9 Å². The van der Waals surface area contributed by atoms with Crippen LogP contribution in [-0.4, -0.2) is 29.2 Å². The lowest BCUT2D eigenvalue weighted by Gasteiger charge is -2.33. The number of aromatic nitrogens is 2. The van der Waals surface area contributed by atoms with Gasteiger partial charge in [0.1, 0.15) is 0 Å². The van der Waals surface area contributed by atoms with Gasteiger partial charge >= 0.3 is 0 Å². The number of hydrogen-bond acceptors (Lipinski definition) is 3. The first kappa shape index (κ1) is 13.4. The van der Waals surface area contributed by atoms with Crippen molar-refractivity contribution in [1.82, 2.24) is 9.55 Å². The van der Waals surface area contributed by atoms with Gasteiger partial charge in [-0.2, -0.15) is 0 Å². The monoisotopic (exact) mass is 250 g/mol. The molecular formula is C14H26N4. The molecule has 0 radical (unpaired) electrons. The number of aryl methyl sites for hydroxylation is 2. The Balaban J connectivity index is 2.10. The summed E-state index contributed by atoms with van der Waals surface area (Å²) in [5.74, 6) is 1.79.